The third kappa shape index (κ3) is 4.41. The number of carbonyl (C=O) groups is 1. The van der Waals surface area contributed by atoms with E-state index in [-0.39, 0.29) is 6.61 Å². The van der Waals surface area contributed by atoms with Crippen molar-refractivity contribution in [2.75, 3.05) is 11.9 Å². The first-order chi connectivity index (χ1) is 14.2. The number of benzene rings is 1. The standard InChI is InChI=1S/C20H16N6O3/c1-13-9-22-18(11-21-13)26-20-16-8-14(2-4-17(16)24-12-25-20)29-19-5-3-15(10-23-19)28-7-6-27/h2-6,8-12H,7H2,1H3,(H,22,24,25,26). The van der Waals surface area contributed by atoms with Gasteiger partial charge in [0.1, 0.15) is 36.1 Å². The number of hydrogen-bond acceptors (Lipinski definition) is 9. The lowest BCUT2D eigenvalue weighted by atomic mass is 10.2. The van der Waals surface area contributed by atoms with Gasteiger partial charge in [-0.15, -0.1) is 0 Å². The fourth-order valence-electron chi connectivity index (χ4n) is 2.54. The van der Waals surface area contributed by atoms with E-state index in [1.165, 1.54) is 12.5 Å². The van der Waals surface area contributed by atoms with Gasteiger partial charge in [-0.05, 0) is 31.2 Å². The van der Waals surface area contributed by atoms with Crippen molar-refractivity contribution in [1.82, 2.24) is 24.9 Å². The second-order valence-corrected chi connectivity index (χ2v) is 5.98. The Bertz CT molecular complexity index is 1130. The van der Waals surface area contributed by atoms with E-state index in [0.29, 0.717) is 35.3 Å². The summed E-state index contributed by atoms with van der Waals surface area (Å²) in [6.07, 6.45) is 6.96. The Kier molecular flexibility index (Phi) is 5.19. The molecule has 9 nitrogen and oxygen atoms in total. The van der Waals surface area contributed by atoms with Gasteiger partial charge in [-0.2, -0.15) is 0 Å². The molecule has 0 atom stereocenters. The van der Waals surface area contributed by atoms with Crippen LogP contribution in [0, 0.1) is 6.92 Å². The van der Waals surface area contributed by atoms with Crippen LogP contribution in [0.15, 0.2) is 55.2 Å². The Balaban J connectivity index is 1.58. The van der Waals surface area contributed by atoms with Crippen LogP contribution in [0.25, 0.3) is 10.9 Å². The highest BCUT2D eigenvalue weighted by Gasteiger charge is 2.08. The van der Waals surface area contributed by atoms with Crippen molar-refractivity contribution in [1.29, 1.82) is 0 Å². The van der Waals surface area contributed by atoms with E-state index in [0.717, 1.165) is 16.6 Å². The maximum absolute atomic E-state index is 10.4. The monoisotopic (exact) mass is 388 g/mol. The van der Waals surface area contributed by atoms with Crippen LogP contribution in [-0.4, -0.2) is 37.8 Å². The van der Waals surface area contributed by atoms with E-state index >= 15 is 0 Å². The molecule has 0 saturated carbocycles. The van der Waals surface area contributed by atoms with Crippen LogP contribution >= 0.6 is 0 Å². The van der Waals surface area contributed by atoms with E-state index in [2.05, 4.69) is 30.2 Å². The minimum absolute atomic E-state index is 0.0201. The Morgan fingerprint density at radius 3 is 2.62 bits per heavy atom. The Morgan fingerprint density at radius 1 is 0.966 bits per heavy atom. The minimum atomic E-state index is -0.0201. The van der Waals surface area contributed by atoms with Gasteiger partial charge in [0.15, 0.2) is 6.29 Å². The van der Waals surface area contributed by atoms with Gasteiger partial charge in [0.2, 0.25) is 5.88 Å². The quantitative estimate of drug-likeness (QED) is 0.477. The van der Waals surface area contributed by atoms with E-state index in [1.54, 1.807) is 30.6 Å². The zero-order valence-corrected chi connectivity index (χ0v) is 15.4. The number of anilines is 2. The fraction of sp³-hybridized carbons (Fsp3) is 0.100. The SMILES string of the molecule is Cc1cnc(Nc2ncnc3ccc(Oc4ccc(OCC=O)cn4)cc23)cn1. The normalized spacial score (nSPS) is 10.5. The minimum Gasteiger partial charge on any atom is -0.485 e. The topological polar surface area (TPSA) is 112 Å². The van der Waals surface area contributed by atoms with Gasteiger partial charge < -0.3 is 14.8 Å². The van der Waals surface area contributed by atoms with E-state index in [9.17, 15) is 4.79 Å². The zero-order chi connectivity index (χ0) is 20.1. The number of fused-ring (bicyclic) bond motifs is 1. The van der Waals surface area contributed by atoms with Gasteiger partial charge in [-0.25, -0.2) is 19.9 Å². The molecule has 1 aromatic carbocycles. The van der Waals surface area contributed by atoms with Crippen LogP contribution in [0.4, 0.5) is 11.6 Å². The number of hydrogen-bond donors (Lipinski definition) is 1. The van der Waals surface area contributed by atoms with Gasteiger partial charge >= 0.3 is 0 Å². The molecule has 4 aromatic rings. The molecule has 0 fully saturated rings. The van der Waals surface area contributed by atoms with Crippen molar-refractivity contribution < 1.29 is 14.3 Å². The lowest BCUT2D eigenvalue weighted by Gasteiger charge is -2.10. The average molecular weight is 388 g/mol. The van der Waals surface area contributed by atoms with Crippen LogP contribution in [0.2, 0.25) is 0 Å². The third-order valence-electron chi connectivity index (χ3n) is 3.88. The lowest BCUT2D eigenvalue weighted by molar-refractivity contribution is -0.109. The average Bonchev–Trinajstić information content (AvgIpc) is 2.75. The molecule has 0 aliphatic carbocycles. The molecule has 0 saturated heterocycles. The highest BCUT2D eigenvalue weighted by molar-refractivity contribution is 5.91. The number of nitrogens with zero attached hydrogens (tertiary/aromatic N) is 5. The summed E-state index contributed by atoms with van der Waals surface area (Å²) >= 11 is 0. The Hall–Kier alpha value is -4.14. The summed E-state index contributed by atoms with van der Waals surface area (Å²) in [5, 5.41) is 3.91. The first kappa shape index (κ1) is 18.2. The largest absolute Gasteiger partial charge is 0.485 e. The highest BCUT2D eigenvalue weighted by atomic mass is 16.5. The lowest BCUT2D eigenvalue weighted by Crippen LogP contribution is -1.99. The molecule has 0 radical (unpaired) electrons. The predicted octanol–water partition coefficient (Wildman–Crippen LogP) is 3.24. The van der Waals surface area contributed by atoms with E-state index in [1.807, 2.05) is 19.1 Å². The number of carbonyl (C=O) groups excluding carboxylic acids is 1. The summed E-state index contributed by atoms with van der Waals surface area (Å²) in [7, 11) is 0. The smallest absolute Gasteiger partial charge is 0.219 e. The first-order valence-electron chi connectivity index (χ1n) is 8.72. The summed E-state index contributed by atoms with van der Waals surface area (Å²) in [6.45, 7) is 1.85. The molecule has 0 amide bonds. The molecular formula is C20H16N6O3. The first-order valence-corrected chi connectivity index (χ1v) is 8.72. The number of aryl methyl sites for hydroxylation is 1. The molecule has 0 aliphatic rings. The molecule has 1 N–H and O–H groups in total. The molecule has 29 heavy (non-hydrogen) atoms. The maximum atomic E-state index is 10.4. The summed E-state index contributed by atoms with van der Waals surface area (Å²) in [5.41, 5.74) is 1.58. The zero-order valence-electron chi connectivity index (χ0n) is 15.4. The molecule has 0 spiro atoms. The van der Waals surface area contributed by atoms with Crippen molar-refractivity contribution in [3.63, 3.8) is 0 Å². The van der Waals surface area contributed by atoms with Crippen molar-refractivity contribution >= 4 is 28.8 Å². The molecule has 4 rings (SSSR count). The number of aromatic nitrogens is 5. The number of ether oxygens (including phenoxy) is 2. The molecule has 9 heteroatoms. The van der Waals surface area contributed by atoms with E-state index < -0.39 is 0 Å². The van der Waals surface area contributed by atoms with Crippen LogP contribution in [0.3, 0.4) is 0 Å². The summed E-state index contributed by atoms with van der Waals surface area (Å²) < 4.78 is 11.0. The number of rotatable bonds is 7. The van der Waals surface area contributed by atoms with Gasteiger partial charge in [-0.1, -0.05) is 0 Å². The second-order valence-electron chi connectivity index (χ2n) is 5.98. The molecule has 0 unspecified atom stereocenters. The van der Waals surface area contributed by atoms with E-state index in [4.69, 9.17) is 9.47 Å². The van der Waals surface area contributed by atoms with Crippen LogP contribution in [0.5, 0.6) is 17.4 Å². The molecule has 0 bridgehead atoms. The van der Waals surface area contributed by atoms with Gasteiger partial charge in [0.25, 0.3) is 0 Å². The summed E-state index contributed by atoms with van der Waals surface area (Å²) in [5.74, 6) is 2.61. The molecule has 144 valence electrons. The highest BCUT2D eigenvalue weighted by Crippen LogP contribution is 2.28. The Morgan fingerprint density at radius 2 is 1.86 bits per heavy atom. The van der Waals surface area contributed by atoms with Crippen molar-refractivity contribution in [3.05, 3.63) is 60.9 Å². The molecule has 3 aromatic heterocycles. The van der Waals surface area contributed by atoms with Crippen LogP contribution in [0.1, 0.15) is 5.69 Å². The van der Waals surface area contributed by atoms with Crippen molar-refractivity contribution in [2.45, 2.75) is 6.92 Å². The second kappa shape index (κ2) is 8.26. The van der Waals surface area contributed by atoms with Crippen LogP contribution < -0.4 is 14.8 Å². The molecule has 0 aliphatic heterocycles. The summed E-state index contributed by atoms with van der Waals surface area (Å²) in [6, 6.07) is 8.78. The Labute approximate surface area is 165 Å². The number of pyridine rings is 1. The molecule has 3 heterocycles. The maximum Gasteiger partial charge on any atom is 0.219 e. The molecular weight excluding hydrogens is 372 g/mol. The number of aldehydes is 1. The fourth-order valence-corrected chi connectivity index (χ4v) is 2.54. The summed E-state index contributed by atoms with van der Waals surface area (Å²) in [4.78, 5) is 31.6. The van der Waals surface area contributed by atoms with Crippen LogP contribution in [-0.2, 0) is 4.79 Å². The van der Waals surface area contributed by atoms with Gasteiger partial charge in [0.05, 0.1) is 29.8 Å². The third-order valence-corrected chi connectivity index (χ3v) is 3.88. The van der Waals surface area contributed by atoms with Gasteiger partial charge in [-0.3, -0.25) is 9.78 Å². The van der Waals surface area contributed by atoms with Crippen molar-refractivity contribution in [3.8, 4) is 17.4 Å². The van der Waals surface area contributed by atoms with Gasteiger partial charge in [0, 0.05) is 11.5 Å². The predicted molar refractivity (Wildman–Crippen MR) is 105 cm³/mol. The van der Waals surface area contributed by atoms with Crippen molar-refractivity contribution in [2.24, 2.45) is 0 Å². The number of nitrogens with one attached hydrogen (secondary N) is 1.